The summed E-state index contributed by atoms with van der Waals surface area (Å²) in [5, 5.41) is 0. The smallest absolute Gasteiger partial charge is 0.308 e. The molecule has 1 aliphatic rings. The Hall–Kier alpha value is -0.570. The highest BCUT2D eigenvalue weighted by atomic mass is 16.5. The molecule has 3 nitrogen and oxygen atoms in total. The minimum atomic E-state index is -0.0695. The second-order valence-electron chi connectivity index (χ2n) is 4.52. The van der Waals surface area contributed by atoms with Crippen LogP contribution in [0, 0.1) is 11.3 Å². The maximum Gasteiger partial charge on any atom is 0.308 e. The van der Waals surface area contributed by atoms with Gasteiger partial charge in [-0.3, -0.25) is 4.79 Å². The second-order valence-corrected chi connectivity index (χ2v) is 4.52. The van der Waals surface area contributed by atoms with Crippen molar-refractivity contribution in [3.05, 3.63) is 0 Å². The monoisotopic (exact) mass is 200 g/mol. The fourth-order valence-electron chi connectivity index (χ4n) is 1.98. The lowest BCUT2D eigenvalue weighted by atomic mass is 9.78. The van der Waals surface area contributed by atoms with Crippen molar-refractivity contribution >= 4 is 5.97 Å². The van der Waals surface area contributed by atoms with Crippen LogP contribution in [0.5, 0.6) is 0 Å². The van der Waals surface area contributed by atoms with Crippen LogP contribution in [-0.4, -0.2) is 26.3 Å². The first kappa shape index (κ1) is 11.5. The van der Waals surface area contributed by atoms with Gasteiger partial charge in [0.05, 0.1) is 26.2 Å². The van der Waals surface area contributed by atoms with E-state index >= 15 is 0 Å². The molecule has 0 radical (unpaired) electrons. The summed E-state index contributed by atoms with van der Waals surface area (Å²) in [5.41, 5.74) is 0.202. The molecule has 1 aliphatic heterocycles. The van der Waals surface area contributed by atoms with Crippen LogP contribution in [0.3, 0.4) is 0 Å². The number of esters is 1. The van der Waals surface area contributed by atoms with E-state index in [1.165, 1.54) is 7.11 Å². The van der Waals surface area contributed by atoms with Crippen molar-refractivity contribution in [2.24, 2.45) is 11.3 Å². The van der Waals surface area contributed by atoms with Gasteiger partial charge in [0, 0.05) is 5.41 Å². The van der Waals surface area contributed by atoms with E-state index < -0.39 is 0 Å². The molecular weight excluding hydrogens is 180 g/mol. The fourth-order valence-corrected chi connectivity index (χ4v) is 1.98. The molecule has 0 aromatic rings. The first-order chi connectivity index (χ1) is 6.61. The van der Waals surface area contributed by atoms with Crippen molar-refractivity contribution < 1.29 is 14.3 Å². The molecule has 1 atom stereocenters. The molecule has 14 heavy (non-hydrogen) atoms. The average molecular weight is 200 g/mol. The molecule has 82 valence electrons. The third kappa shape index (κ3) is 2.71. The van der Waals surface area contributed by atoms with E-state index in [2.05, 4.69) is 13.8 Å². The maximum atomic E-state index is 11.5. The van der Waals surface area contributed by atoms with Crippen molar-refractivity contribution in [2.45, 2.75) is 33.1 Å². The van der Waals surface area contributed by atoms with Crippen LogP contribution in [0.1, 0.15) is 33.1 Å². The highest BCUT2D eigenvalue weighted by Gasteiger charge is 2.37. The lowest BCUT2D eigenvalue weighted by Gasteiger charge is -2.40. The highest BCUT2D eigenvalue weighted by Crippen LogP contribution is 2.35. The molecule has 0 aliphatic carbocycles. The number of hydrogen-bond donors (Lipinski definition) is 0. The van der Waals surface area contributed by atoms with Gasteiger partial charge < -0.3 is 9.47 Å². The van der Waals surface area contributed by atoms with Crippen molar-refractivity contribution in [2.75, 3.05) is 20.3 Å². The average Bonchev–Trinajstić information content (AvgIpc) is 2.13. The zero-order chi connectivity index (χ0) is 10.6. The number of ether oxygens (including phenoxy) is 2. The Bertz CT molecular complexity index is 197. The quantitative estimate of drug-likeness (QED) is 0.637. The standard InChI is InChI=1S/C11H20O3/c1-4-5-9(10(12)13-3)6-11(2)7-14-8-11/h9H,4-8H2,1-3H3. The van der Waals surface area contributed by atoms with Crippen LogP contribution in [0.15, 0.2) is 0 Å². The molecule has 1 heterocycles. The van der Waals surface area contributed by atoms with Gasteiger partial charge in [-0.25, -0.2) is 0 Å². The first-order valence-corrected chi connectivity index (χ1v) is 5.27. The van der Waals surface area contributed by atoms with Crippen molar-refractivity contribution in [1.82, 2.24) is 0 Å². The van der Waals surface area contributed by atoms with Gasteiger partial charge in [0.15, 0.2) is 0 Å². The van der Waals surface area contributed by atoms with Crippen molar-refractivity contribution in [3.63, 3.8) is 0 Å². The Labute approximate surface area is 85.8 Å². The highest BCUT2D eigenvalue weighted by molar-refractivity contribution is 5.72. The number of carbonyl (C=O) groups is 1. The molecule has 0 N–H and O–H groups in total. The Kier molecular flexibility index (Phi) is 3.93. The summed E-state index contributed by atoms with van der Waals surface area (Å²) in [7, 11) is 1.46. The zero-order valence-corrected chi connectivity index (χ0v) is 9.34. The summed E-state index contributed by atoms with van der Waals surface area (Å²) < 4.78 is 9.98. The summed E-state index contributed by atoms with van der Waals surface area (Å²) in [6, 6.07) is 0. The Morgan fingerprint density at radius 3 is 2.57 bits per heavy atom. The molecule has 1 rings (SSSR count). The topological polar surface area (TPSA) is 35.5 Å². The molecule has 1 fully saturated rings. The van der Waals surface area contributed by atoms with E-state index in [4.69, 9.17) is 9.47 Å². The Balaban J connectivity index is 2.45. The number of carbonyl (C=O) groups excluding carboxylic acids is 1. The van der Waals surface area contributed by atoms with Crippen LogP contribution in [-0.2, 0) is 14.3 Å². The van der Waals surface area contributed by atoms with Gasteiger partial charge in [-0.15, -0.1) is 0 Å². The fraction of sp³-hybridized carbons (Fsp3) is 0.909. The summed E-state index contributed by atoms with van der Waals surface area (Å²) in [6.07, 6.45) is 2.84. The van der Waals surface area contributed by atoms with Gasteiger partial charge >= 0.3 is 5.97 Å². The predicted octanol–water partition coefficient (Wildman–Crippen LogP) is 2.00. The molecule has 1 saturated heterocycles. The van der Waals surface area contributed by atoms with Crippen molar-refractivity contribution in [3.8, 4) is 0 Å². The molecule has 0 aromatic heterocycles. The van der Waals surface area contributed by atoms with Gasteiger partial charge in [-0.2, -0.15) is 0 Å². The van der Waals surface area contributed by atoms with E-state index in [-0.39, 0.29) is 17.3 Å². The maximum absolute atomic E-state index is 11.5. The lowest BCUT2D eigenvalue weighted by Crippen LogP contribution is -2.42. The van der Waals surface area contributed by atoms with Gasteiger partial charge in [0.2, 0.25) is 0 Å². The summed E-state index contributed by atoms with van der Waals surface area (Å²) in [6.45, 7) is 5.83. The third-order valence-corrected chi connectivity index (χ3v) is 2.81. The number of methoxy groups -OCH3 is 1. The van der Waals surface area contributed by atoms with E-state index in [0.29, 0.717) is 0 Å². The van der Waals surface area contributed by atoms with Crippen LogP contribution in [0.4, 0.5) is 0 Å². The molecule has 0 aromatic carbocycles. The van der Waals surface area contributed by atoms with E-state index in [9.17, 15) is 4.79 Å². The zero-order valence-electron chi connectivity index (χ0n) is 9.34. The minimum absolute atomic E-state index is 0.0545. The van der Waals surface area contributed by atoms with E-state index in [0.717, 1.165) is 32.5 Å². The summed E-state index contributed by atoms with van der Waals surface area (Å²) >= 11 is 0. The van der Waals surface area contributed by atoms with Crippen LogP contribution >= 0.6 is 0 Å². The number of rotatable bonds is 5. The van der Waals surface area contributed by atoms with Gasteiger partial charge in [-0.05, 0) is 12.8 Å². The molecule has 3 heteroatoms. The molecule has 0 saturated carbocycles. The van der Waals surface area contributed by atoms with Crippen molar-refractivity contribution in [1.29, 1.82) is 0 Å². The second kappa shape index (κ2) is 4.78. The van der Waals surface area contributed by atoms with Crippen LogP contribution in [0.25, 0.3) is 0 Å². The minimum Gasteiger partial charge on any atom is -0.469 e. The normalized spacial score (nSPS) is 21.1. The summed E-state index contributed by atoms with van der Waals surface area (Å²) in [5.74, 6) is -0.0149. The molecule has 0 bridgehead atoms. The van der Waals surface area contributed by atoms with Gasteiger partial charge in [0.25, 0.3) is 0 Å². The third-order valence-electron chi connectivity index (χ3n) is 2.81. The Morgan fingerprint density at radius 2 is 2.21 bits per heavy atom. The summed E-state index contributed by atoms with van der Waals surface area (Å²) in [4.78, 5) is 11.5. The van der Waals surface area contributed by atoms with Crippen LogP contribution < -0.4 is 0 Å². The number of hydrogen-bond acceptors (Lipinski definition) is 3. The molecule has 1 unspecified atom stereocenters. The van der Waals surface area contributed by atoms with Gasteiger partial charge in [0.1, 0.15) is 0 Å². The Morgan fingerprint density at radius 1 is 1.57 bits per heavy atom. The first-order valence-electron chi connectivity index (χ1n) is 5.27. The molecular formula is C11H20O3. The molecule has 0 amide bonds. The van der Waals surface area contributed by atoms with E-state index in [1.54, 1.807) is 0 Å². The van der Waals surface area contributed by atoms with Gasteiger partial charge in [-0.1, -0.05) is 20.3 Å². The SMILES string of the molecule is CCCC(CC1(C)COC1)C(=O)OC. The lowest BCUT2D eigenvalue weighted by molar-refractivity contribution is -0.153. The molecule has 0 spiro atoms. The van der Waals surface area contributed by atoms with Crippen LogP contribution in [0.2, 0.25) is 0 Å². The largest absolute Gasteiger partial charge is 0.469 e. The van der Waals surface area contributed by atoms with E-state index in [1.807, 2.05) is 0 Å². The predicted molar refractivity (Wildman–Crippen MR) is 54.0 cm³/mol.